The van der Waals surface area contributed by atoms with Crippen LogP contribution in [0, 0.1) is 0 Å². The van der Waals surface area contributed by atoms with E-state index in [1.54, 1.807) is 5.56 Å². The van der Waals surface area contributed by atoms with E-state index in [1.165, 1.54) is 6.42 Å². The summed E-state index contributed by atoms with van der Waals surface area (Å²) in [5.74, 6) is 0. The van der Waals surface area contributed by atoms with Gasteiger partial charge in [-0.15, -0.1) is 0 Å². The predicted molar refractivity (Wildman–Crippen MR) is 65.5 cm³/mol. The van der Waals surface area contributed by atoms with E-state index < -0.39 is 18.4 Å². The summed E-state index contributed by atoms with van der Waals surface area (Å²) in [6.07, 6.45) is 1.44. The van der Waals surface area contributed by atoms with Crippen LogP contribution in [0.2, 0.25) is 18.8 Å². The minimum atomic E-state index is -1.65. The summed E-state index contributed by atoms with van der Waals surface area (Å²) in [6.45, 7) is 2.45. The molecule has 0 aliphatic heterocycles. The molecule has 0 amide bonds. The molecule has 1 aliphatic rings. The zero-order valence-corrected chi connectivity index (χ0v) is 12.5. The maximum atomic E-state index is 2.56. The Morgan fingerprint density at radius 2 is 1.71 bits per heavy atom. The third-order valence-electron chi connectivity index (χ3n) is 3.72. The van der Waals surface area contributed by atoms with Crippen molar-refractivity contribution in [1.29, 1.82) is 0 Å². The molecular weight excluding hydrogens is 275 g/mol. The number of rotatable bonds is 2. The van der Waals surface area contributed by atoms with Gasteiger partial charge in [-0.1, -0.05) is 0 Å². The Kier molecular flexibility index (Phi) is 2.45. The normalized spacial score (nSPS) is 31.6. The molecule has 0 nitrogen and oxygen atoms in total. The summed E-state index contributed by atoms with van der Waals surface area (Å²) < 4.78 is 1.05. The molecule has 1 fully saturated rings. The van der Waals surface area contributed by atoms with Crippen LogP contribution >= 0.6 is 0 Å². The van der Waals surface area contributed by atoms with Crippen LogP contribution in [-0.4, -0.2) is 18.4 Å². The van der Waals surface area contributed by atoms with Gasteiger partial charge >= 0.3 is 91.8 Å². The summed E-state index contributed by atoms with van der Waals surface area (Å²) in [6, 6.07) is 11.1. The number of hydrogen-bond acceptors (Lipinski definition) is 0. The molecule has 1 heteroatoms. The van der Waals surface area contributed by atoms with Crippen LogP contribution in [0.25, 0.3) is 0 Å². The third kappa shape index (κ3) is 1.73. The first-order chi connectivity index (χ1) is 6.44. The average Bonchev–Trinajstić information content (AvgIpc) is 2.81. The van der Waals surface area contributed by atoms with Gasteiger partial charge in [0.15, 0.2) is 0 Å². The second-order valence-electron chi connectivity index (χ2n) is 5.91. The van der Waals surface area contributed by atoms with Gasteiger partial charge in [0.1, 0.15) is 0 Å². The Hall–Kier alpha value is 0.0187. The Morgan fingerprint density at radius 1 is 1.14 bits per heavy atom. The van der Waals surface area contributed by atoms with Crippen LogP contribution in [0.5, 0.6) is 0 Å². The van der Waals surface area contributed by atoms with Gasteiger partial charge in [0.25, 0.3) is 0 Å². The minimum absolute atomic E-state index is 0.537. The average molecular weight is 295 g/mol. The second kappa shape index (κ2) is 3.26. The molecule has 0 heterocycles. The van der Waals surface area contributed by atoms with Crippen molar-refractivity contribution in [3.05, 3.63) is 35.9 Å². The molecule has 2 rings (SSSR count). The molecule has 0 bridgehead atoms. The van der Waals surface area contributed by atoms with Gasteiger partial charge in [-0.25, -0.2) is 0 Å². The molecule has 1 aliphatic carbocycles. The zero-order chi connectivity index (χ0) is 10.4. The fraction of sp³-hybridized carbons (Fsp3) is 0.538. The van der Waals surface area contributed by atoms with E-state index in [4.69, 9.17) is 0 Å². The van der Waals surface area contributed by atoms with Crippen molar-refractivity contribution in [1.82, 2.24) is 0 Å². The van der Waals surface area contributed by atoms with E-state index in [2.05, 4.69) is 52.1 Å². The summed E-state index contributed by atoms with van der Waals surface area (Å²) in [7, 11) is 0. The van der Waals surface area contributed by atoms with Crippen LogP contribution in [0.15, 0.2) is 30.3 Å². The SMILES string of the molecule is CC1(c2ccccc2)C[CH]1[Sn]([CH3])([CH3])[CH3]. The number of benzene rings is 1. The first-order valence-electron chi connectivity index (χ1n) is 5.50. The molecule has 1 saturated carbocycles. The van der Waals surface area contributed by atoms with Crippen molar-refractivity contribution in [3.63, 3.8) is 0 Å². The topological polar surface area (TPSA) is 0 Å². The summed E-state index contributed by atoms with van der Waals surface area (Å²) in [5, 5.41) is 0. The van der Waals surface area contributed by atoms with Gasteiger partial charge in [0, 0.05) is 0 Å². The van der Waals surface area contributed by atoms with E-state index in [1.807, 2.05) is 0 Å². The van der Waals surface area contributed by atoms with Gasteiger partial charge < -0.3 is 0 Å². The molecule has 0 spiro atoms. The summed E-state index contributed by atoms with van der Waals surface area (Å²) in [4.78, 5) is 7.69. The van der Waals surface area contributed by atoms with E-state index in [0.29, 0.717) is 5.41 Å². The molecular formula is C13H20Sn. The monoisotopic (exact) mass is 296 g/mol. The Balaban J connectivity index is 2.23. The molecule has 76 valence electrons. The van der Waals surface area contributed by atoms with E-state index in [9.17, 15) is 0 Å². The van der Waals surface area contributed by atoms with E-state index >= 15 is 0 Å². The van der Waals surface area contributed by atoms with Crippen molar-refractivity contribution < 1.29 is 0 Å². The van der Waals surface area contributed by atoms with Gasteiger partial charge in [0.2, 0.25) is 0 Å². The first-order valence-corrected chi connectivity index (χ1v) is 15.7. The second-order valence-corrected chi connectivity index (χ2v) is 21.4. The van der Waals surface area contributed by atoms with Crippen LogP contribution in [0.3, 0.4) is 0 Å². The Labute approximate surface area is 91.6 Å². The van der Waals surface area contributed by atoms with Crippen LogP contribution < -0.4 is 0 Å². The fourth-order valence-electron chi connectivity index (χ4n) is 2.76. The standard InChI is InChI=1S/C10H11.3CH3.Sn/c1-10(7-8-10)9-5-3-2-4-6-9;;;;/h2-7H,8H2,1H3;3*1H3;. The van der Waals surface area contributed by atoms with Gasteiger partial charge in [-0.2, -0.15) is 0 Å². The summed E-state index contributed by atoms with van der Waals surface area (Å²) >= 11 is -1.65. The molecule has 1 aromatic carbocycles. The van der Waals surface area contributed by atoms with Crippen LogP contribution in [0.4, 0.5) is 0 Å². The van der Waals surface area contributed by atoms with Gasteiger partial charge in [-0.05, 0) is 0 Å². The summed E-state index contributed by atoms with van der Waals surface area (Å²) in [5.41, 5.74) is 2.10. The number of hydrogen-bond donors (Lipinski definition) is 0. The zero-order valence-electron chi connectivity index (χ0n) is 9.67. The molecule has 2 unspecified atom stereocenters. The van der Waals surface area contributed by atoms with Crippen LogP contribution in [0.1, 0.15) is 18.9 Å². The van der Waals surface area contributed by atoms with Crippen molar-refractivity contribution in [2.75, 3.05) is 0 Å². The molecule has 0 saturated heterocycles. The molecule has 0 radical (unpaired) electrons. The van der Waals surface area contributed by atoms with E-state index in [0.717, 1.165) is 3.93 Å². The molecule has 14 heavy (non-hydrogen) atoms. The first kappa shape index (κ1) is 10.5. The van der Waals surface area contributed by atoms with Crippen molar-refractivity contribution >= 4 is 18.4 Å². The molecule has 0 N–H and O–H groups in total. The quantitative estimate of drug-likeness (QED) is 0.722. The predicted octanol–water partition coefficient (Wildman–Crippen LogP) is 4.06. The molecule has 0 aromatic heterocycles. The van der Waals surface area contributed by atoms with Crippen LogP contribution in [-0.2, 0) is 5.41 Å². The molecule has 2 atom stereocenters. The van der Waals surface area contributed by atoms with Gasteiger partial charge in [0.05, 0.1) is 0 Å². The maximum absolute atomic E-state index is 2.56. The fourth-order valence-corrected chi connectivity index (χ4v) is 11.7. The van der Waals surface area contributed by atoms with Gasteiger partial charge in [-0.3, -0.25) is 0 Å². The van der Waals surface area contributed by atoms with Crippen molar-refractivity contribution in [3.8, 4) is 0 Å². The Morgan fingerprint density at radius 3 is 2.14 bits per heavy atom. The van der Waals surface area contributed by atoms with E-state index in [-0.39, 0.29) is 0 Å². The van der Waals surface area contributed by atoms with Crippen molar-refractivity contribution in [2.45, 2.75) is 37.5 Å². The third-order valence-corrected chi connectivity index (χ3v) is 12.1. The molecule has 1 aromatic rings. The van der Waals surface area contributed by atoms with Crippen molar-refractivity contribution in [2.24, 2.45) is 0 Å². The Bertz CT molecular complexity index is 323.